The van der Waals surface area contributed by atoms with E-state index in [1.807, 2.05) is 91.0 Å². The Morgan fingerprint density at radius 3 is 1.33 bits per heavy atom. The molecule has 0 aliphatic heterocycles. The molecule has 280 valence electrons. The lowest BCUT2D eigenvalue weighted by Crippen LogP contribution is -2.36. The molecule has 4 rings (SSSR count). The van der Waals surface area contributed by atoms with E-state index in [4.69, 9.17) is 54.1 Å². The van der Waals surface area contributed by atoms with Crippen LogP contribution in [0.5, 0.6) is 0 Å². The Morgan fingerprint density at radius 2 is 0.922 bits per heavy atom. The van der Waals surface area contributed by atoms with Crippen LogP contribution in [0.1, 0.15) is 34.6 Å². The van der Waals surface area contributed by atoms with E-state index in [-0.39, 0.29) is 18.1 Å². The van der Waals surface area contributed by atoms with Gasteiger partial charge in [-0.25, -0.2) is 0 Å². The highest BCUT2D eigenvalue weighted by molar-refractivity contribution is 7.86. The molecule has 51 heavy (non-hydrogen) atoms. The molecule has 0 saturated carbocycles. The fraction of sp³-hybridized carbons (Fsp3) is 0.294. The average Bonchev–Trinajstić information content (AvgIpc) is 2.99. The van der Waals surface area contributed by atoms with E-state index < -0.39 is 60.0 Å². The number of aryl methyl sites for hydroxylation is 1. The maximum Gasteiger partial charge on any atom is 0.266 e. The summed E-state index contributed by atoms with van der Waals surface area (Å²) in [6.07, 6.45) is 1.54. The zero-order valence-electron chi connectivity index (χ0n) is 27.4. The normalized spacial score (nSPS) is 13.6. The van der Waals surface area contributed by atoms with Crippen molar-refractivity contribution in [2.45, 2.75) is 43.3 Å². The van der Waals surface area contributed by atoms with Crippen molar-refractivity contribution in [2.75, 3.05) is 17.3 Å². The summed E-state index contributed by atoms with van der Waals surface area (Å²) in [5.41, 5.74) is 20.9. The highest BCUT2D eigenvalue weighted by atomic mass is 35.5. The van der Waals surface area contributed by atoms with E-state index in [0.717, 1.165) is 28.7 Å². The van der Waals surface area contributed by atoms with E-state index in [2.05, 4.69) is 0 Å². The van der Waals surface area contributed by atoms with Crippen LogP contribution in [0.15, 0.2) is 109 Å². The van der Waals surface area contributed by atoms with Crippen LogP contribution < -0.4 is 17.2 Å². The fourth-order valence-electron chi connectivity index (χ4n) is 5.06. The highest BCUT2D eigenvalue weighted by Crippen LogP contribution is 2.27. The first kappa shape index (κ1) is 44.2. The molecule has 4 aromatic carbocycles. The smallest absolute Gasteiger partial charge is 0.266 e. The second-order valence-electron chi connectivity index (χ2n) is 11.7. The van der Waals surface area contributed by atoms with Crippen molar-refractivity contribution < 1.29 is 38.9 Å². The molecule has 12 nitrogen and oxygen atoms in total. The number of nitrogens with two attached hydrogens (primary N) is 3. The van der Waals surface area contributed by atoms with Crippen molar-refractivity contribution in [3.8, 4) is 0 Å². The van der Waals surface area contributed by atoms with E-state index >= 15 is 0 Å². The minimum Gasteiger partial charge on any atom is -0.327 e. The molecule has 0 spiro atoms. The molecule has 0 amide bonds. The quantitative estimate of drug-likeness (QED) is 0.0958. The van der Waals surface area contributed by atoms with E-state index in [1.54, 1.807) is 18.2 Å². The van der Waals surface area contributed by atoms with Crippen LogP contribution in [0.3, 0.4) is 0 Å². The third-order valence-corrected chi connectivity index (χ3v) is 10.0. The summed E-state index contributed by atoms with van der Waals surface area (Å²) in [5, 5.41) is 0.920. The summed E-state index contributed by atoms with van der Waals surface area (Å²) < 4.78 is 90.6. The average molecular weight is 805 g/mol. The summed E-state index contributed by atoms with van der Waals surface area (Å²) in [5.74, 6) is -1.61. The molecule has 0 unspecified atom stereocenters. The molecular weight excluding hydrogens is 761 g/mol. The molecular formula is C34H43Cl2N3O9S3. The first-order chi connectivity index (χ1) is 23.7. The van der Waals surface area contributed by atoms with Crippen molar-refractivity contribution >= 4 is 53.6 Å². The van der Waals surface area contributed by atoms with Crippen LogP contribution in [0.4, 0.5) is 0 Å². The van der Waals surface area contributed by atoms with Gasteiger partial charge in [0.1, 0.15) is 0 Å². The third-order valence-electron chi connectivity index (χ3n) is 7.06. The topological polar surface area (TPSA) is 241 Å². The number of halogens is 2. The van der Waals surface area contributed by atoms with Gasteiger partial charge in [0.15, 0.2) is 0 Å². The minimum atomic E-state index is -4.11. The lowest BCUT2D eigenvalue weighted by molar-refractivity contribution is 0.471. The summed E-state index contributed by atoms with van der Waals surface area (Å²) in [4.78, 5) is 0. The molecule has 0 saturated heterocycles. The van der Waals surface area contributed by atoms with Gasteiger partial charge in [0.2, 0.25) is 0 Å². The molecule has 0 aromatic heterocycles. The van der Waals surface area contributed by atoms with Crippen molar-refractivity contribution in [2.24, 2.45) is 17.2 Å². The lowest BCUT2D eigenvalue weighted by atomic mass is 9.86. The standard InChI is InChI=1S/C15H17NO3S.C10H15NO3S.C9H11Cl2NO3S/c16-14(11-20(17,18)19)15(12-7-3-1-4-8-12)13-9-5-2-6-10-13;11-10(8-15(12,13)14)7-6-9-4-2-1-3-5-9;10-7-1-6(2-8(11)4-7)3-9(12)5-16(13,14)15/h1-10,14-15H,11,16H2,(H,17,18,19);1-5,10H,6-8,11H2,(H,12,13,14);1-2,4,9H,3,5,12H2,(H,13,14,15)/t14-;10-;9-/m100/s1. The van der Waals surface area contributed by atoms with Gasteiger partial charge in [-0.3, -0.25) is 13.7 Å². The molecule has 3 atom stereocenters. The Hall–Kier alpha value is -2.93. The van der Waals surface area contributed by atoms with Gasteiger partial charge in [0.25, 0.3) is 30.4 Å². The lowest BCUT2D eigenvalue weighted by Gasteiger charge is -2.24. The second-order valence-corrected chi connectivity index (χ2v) is 17.1. The summed E-state index contributed by atoms with van der Waals surface area (Å²) in [6, 6.07) is 31.5. The Morgan fingerprint density at radius 1 is 0.529 bits per heavy atom. The largest absolute Gasteiger partial charge is 0.327 e. The zero-order valence-corrected chi connectivity index (χ0v) is 31.4. The number of hydrogen-bond acceptors (Lipinski definition) is 9. The van der Waals surface area contributed by atoms with Crippen LogP contribution >= 0.6 is 23.2 Å². The van der Waals surface area contributed by atoms with Crippen molar-refractivity contribution in [1.82, 2.24) is 0 Å². The van der Waals surface area contributed by atoms with Crippen LogP contribution in [0, 0.1) is 0 Å². The Balaban J connectivity index is 0.000000269. The van der Waals surface area contributed by atoms with Crippen LogP contribution in [-0.2, 0) is 43.2 Å². The first-order valence-electron chi connectivity index (χ1n) is 15.4. The monoisotopic (exact) mass is 803 g/mol. The van der Waals surface area contributed by atoms with Crippen molar-refractivity contribution in [3.05, 3.63) is 141 Å². The third kappa shape index (κ3) is 20.0. The van der Waals surface area contributed by atoms with E-state index in [9.17, 15) is 25.3 Å². The SMILES string of the molecule is N[C@@H](CCc1ccccc1)CS(=O)(=O)O.N[C@@H](Cc1cc(Cl)cc(Cl)c1)CS(=O)(=O)O.N[C@H](CS(=O)(=O)O)C(c1ccccc1)c1ccccc1. The fourth-order valence-corrected chi connectivity index (χ4v) is 7.68. The maximum absolute atomic E-state index is 11.1. The molecule has 0 aliphatic carbocycles. The Bertz CT molecular complexity index is 1900. The van der Waals surface area contributed by atoms with E-state index in [1.165, 1.54) is 0 Å². The van der Waals surface area contributed by atoms with Crippen molar-refractivity contribution in [3.63, 3.8) is 0 Å². The summed E-state index contributed by atoms with van der Waals surface area (Å²) in [6.45, 7) is 0. The van der Waals surface area contributed by atoms with Gasteiger partial charge in [-0.15, -0.1) is 0 Å². The Kier molecular flexibility index (Phi) is 18.2. The molecule has 9 N–H and O–H groups in total. The van der Waals surface area contributed by atoms with Gasteiger partial charge < -0.3 is 17.2 Å². The molecule has 0 aliphatic rings. The molecule has 17 heteroatoms. The van der Waals surface area contributed by atoms with Crippen LogP contribution in [0.25, 0.3) is 0 Å². The molecule has 0 bridgehead atoms. The summed E-state index contributed by atoms with van der Waals surface area (Å²) in [7, 11) is -12.1. The van der Waals surface area contributed by atoms with Gasteiger partial charge in [0, 0.05) is 34.1 Å². The molecule has 0 radical (unpaired) electrons. The maximum atomic E-state index is 11.1. The molecule has 4 aromatic rings. The van der Waals surface area contributed by atoms with Gasteiger partial charge in [0.05, 0.1) is 17.3 Å². The predicted molar refractivity (Wildman–Crippen MR) is 203 cm³/mol. The highest BCUT2D eigenvalue weighted by Gasteiger charge is 2.25. The number of rotatable bonds is 14. The summed E-state index contributed by atoms with van der Waals surface area (Å²) >= 11 is 11.5. The number of benzene rings is 4. The number of hydrogen-bond donors (Lipinski definition) is 6. The second kappa shape index (κ2) is 20.9. The van der Waals surface area contributed by atoms with Gasteiger partial charge in [-0.1, -0.05) is 114 Å². The molecule has 0 fully saturated rings. The zero-order chi connectivity index (χ0) is 38.2. The molecule has 0 heterocycles. The predicted octanol–water partition coefficient (Wildman–Crippen LogP) is 4.62. The van der Waals surface area contributed by atoms with Crippen molar-refractivity contribution in [1.29, 1.82) is 0 Å². The van der Waals surface area contributed by atoms with Crippen LogP contribution in [-0.4, -0.2) is 74.3 Å². The van der Waals surface area contributed by atoms with Gasteiger partial charge in [-0.2, -0.15) is 25.3 Å². The van der Waals surface area contributed by atoms with Crippen LogP contribution in [0.2, 0.25) is 10.0 Å². The van der Waals surface area contributed by atoms with E-state index in [0.29, 0.717) is 16.5 Å². The van der Waals surface area contributed by atoms with Gasteiger partial charge in [-0.05, 0) is 59.7 Å². The minimum absolute atomic E-state index is 0.278. The van der Waals surface area contributed by atoms with Gasteiger partial charge >= 0.3 is 0 Å². The Labute approximate surface area is 310 Å². The first-order valence-corrected chi connectivity index (χ1v) is 21.0.